The molecular formula is C14H23N3O3. The molecule has 0 atom stereocenters. The van der Waals surface area contributed by atoms with Gasteiger partial charge in [0, 0.05) is 37.5 Å². The average Bonchev–Trinajstić information content (AvgIpc) is 2.41. The number of carbonyl (C=O) groups is 1. The predicted octanol–water partition coefficient (Wildman–Crippen LogP) is 0.472. The number of hydrogen-bond donors (Lipinski definition) is 2. The van der Waals surface area contributed by atoms with Gasteiger partial charge in [-0.1, -0.05) is 6.07 Å². The molecule has 20 heavy (non-hydrogen) atoms. The lowest BCUT2D eigenvalue weighted by Crippen LogP contribution is -2.36. The summed E-state index contributed by atoms with van der Waals surface area (Å²) in [5.41, 5.74) is 7.37. The van der Waals surface area contributed by atoms with Gasteiger partial charge in [0.05, 0.1) is 20.3 Å². The van der Waals surface area contributed by atoms with E-state index in [1.807, 2.05) is 24.1 Å². The molecule has 0 bridgehead atoms. The highest BCUT2D eigenvalue weighted by Gasteiger charge is 2.10. The van der Waals surface area contributed by atoms with Gasteiger partial charge >= 0.3 is 0 Å². The number of anilines is 1. The Bertz CT molecular complexity index is 438. The van der Waals surface area contributed by atoms with Crippen molar-refractivity contribution < 1.29 is 14.3 Å². The van der Waals surface area contributed by atoms with Crippen molar-refractivity contribution in [2.45, 2.75) is 6.54 Å². The number of hydrogen-bond acceptors (Lipinski definition) is 5. The van der Waals surface area contributed by atoms with Crippen LogP contribution in [0, 0.1) is 0 Å². The van der Waals surface area contributed by atoms with Gasteiger partial charge in [-0.05, 0) is 13.1 Å². The molecule has 0 heterocycles. The van der Waals surface area contributed by atoms with Crippen molar-refractivity contribution in [3.05, 3.63) is 23.8 Å². The zero-order valence-electron chi connectivity index (χ0n) is 12.3. The second-order valence-corrected chi connectivity index (χ2v) is 4.59. The molecule has 3 N–H and O–H groups in total. The maximum atomic E-state index is 11.7. The van der Waals surface area contributed by atoms with Gasteiger partial charge in [-0.3, -0.25) is 9.69 Å². The number of nitrogens with zero attached hydrogens (tertiary/aromatic N) is 1. The molecule has 0 aliphatic carbocycles. The summed E-state index contributed by atoms with van der Waals surface area (Å²) in [5.74, 6) is 0.704. The van der Waals surface area contributed by atoms with Crippen LogP contribution in [0.4, 0.5) is 5.69 Å². The van der Waals surface area contributed by atoms with E-state index in [1.165, 1.54) is 0 Å². The smallest absolute Gasteiger partial charge is 0.234 e. The molecule has 1 amide bonds. The van der Waals surface area contributed by atoms with Crippen LogP contribution < -0.4 is 15.8 Å². The third-order valence-electron chi connectivity index (χ3n) is 2.79. The normalized spacial score (nSPS) is 10.6. The molecule has 6 heteroatoms. The van der Waals surface area contributed by atoms with Gasteiger partial charge in [0.15, 0.2) is 0 Å². The lowest BCUT2D eigenvalue weighted by molar-refractivity contribution is -0.122. The first kappa shape index (κ1) is 16.3. The van der Waals surface area contributed by atoms with Crippen molar-refractivity contribution in [1.82, 2.24) is 10.2 Å². The number of nitrogens with one attached hydrogen (secondary N) is 1. The van der Waals surface area contributed by atoms with E-state index in [2.05, 4.69) is 5.32 Å². The first-order chi connectivity index (χ1) is 9.56. The molecule has 0 aliphatic heterocycles. The molecule has 112 valence electrons. The van der Waals surface area contributed by atoms with Crippen LogP contribution in [0.25, 0.3) is 0 Å². The van der Waals surface area contributed by atoms with Gasteiger partial charge < -0.3 is 20.5 Å². The van der Waals surface area contributed by atoms with Gasteiger partial charge in [0.25, 0.3) is 0 Å². The van der Waals surface area contributed by atoms with Gasteiger partial charge in [-0.15, -0.1) is 0 Å². The van der Waals surface area contributed by atoms with E-state index in [0.717, 1.165) is 11.3 Å². The van der Waals surface area contributed by atoms with Crippen LogP contribution in [0.3, 0.4) is 0 Å². The molecule has 0 fully saturated rings. The monoisotopic (exact) mass is 281 g/mol. The molecule has 1 aromatic rings. The first-order valence-electron chi connectivity index (χ1n) is 6.43. The fourth-order valence-corrected chi connectivity index (χ4v) is 1.83. The van der Waals surface area contributed by atoms with Gasteiger partial charge in [-0.2, -0.15) is 0 Å². The minimum Gasteiger partial charge on any atom is -0.496 e. The Morgan fingerprint density at radius 2 is 2.15 bits per heavy atom. The maximum absolute atomic E-state index is 11.7. The average molecular weight is 281 g/mol. The van der Waals surface area contributed by atoms with Gasteiger partial charge in [0.2, 0.25) is 5.91 Å². The van der Waals surface area contributed by atoms with E-state index in [0.29, 0.717) is 31.9 Å². The molecule has 0 saturated heterocycles. The van der Waals surface area contributed by atoms with E-state index >= 15 is 0 Å². The second kappa shape index (κ2) is 8.39. The molecule has 6 nitrogen and oxygen atoms in total. The first-order valence-corrected chi connectivity index (χ1v) is 6.43. The van der Waals surface area contributed by atoms with E-state index < -0.39 is 0 Å². The van der Waals surface area contributed by atoms with Crippen LogP contribution >= 0.6 is 0 Å². The van der Waals surface area contributed by atoms with Crippen LogP contribution in [-0.4, -0.2) is 51.8 Å². The largest absolute Gasteiger partial charge is 0.496 e. The Morgan fingerprint density at radius 1 is 1.40 bits per heavy atom. The number of likely N-dealkylation sites (N-methyl/N-ethyl adjacent to an activating group) is 1. The van der Waals surface area contributed by atoms with Crippen molar-refractivity contribution in [3.63, 3.8) is 0 Å². The highest BCUT2D eigenvalue weighted by molar-refractivity contribution is 5.77. The third kappa shape index (κ3) is 5.46. The van der Waals surface area contributed by atoms with Crippen LogP contribution in [0.2, 0.25) is 0 Å². The van der Waals surface area contributed by atoms with Crippen molar-refractivity contribution in [3.8, 4) is 5.75 Å². The van der Waals surface area contributed by atoms with Crippen LogP contribution in [0.1, 0.15) is 5.56 Å². The van der Waals surface area contributed by atoms with E-state index in [4.69, 9.17) is 15.2 Å². The summed E-state index contributed by atoms with van der Waals surface area (Å²) in [7, 11) is 5.09. The molecule has 0 unspecified atom stereocenters. The summed E-state index contributed by atoms with van der Waals surface area (Å²) in [4.78, 5) is 13.6. The summed E-state index contributed by atoms with van der Waals surface area (Å²) in [6, 6.07) is 5.51. The number of rotatable bonds is 8. The van der Waals surface area contributed by atoms with E-state index in [1.54, 1.807) is 20.3 Å². The molecular weight excluding hydrogens is 258 g/mol. The fraction of sp³-hybridized carbons (Fsp3) is 0.500. The Labute approximate surface area is 119 Å². The van der Waals surface area contributed by atoms with Crippen LogP contribution in [0.15, 0.2) is 18.2 Å². The maximum Gasteiger partial charge on any atom is 0.234 e. The number of nitrogen functional groups attached to an aromatic ring is 1. The Morgan fingerprint density at radius 3 is 2.80 bits per heavy atom. The Hall–Kier alpha value is -1.79. The highest BCUT2D eigenvalue weighted by atomic mass is 16.5. The van der Waals surface area contributed by atoms with Gasteiger partial charge in [0.1, 0.15) is 5.75 Å². The lowest BCUT2D eigenvalue weighted by Gasteiger charge is -2.18. The highest BCUT2D eigenvalue weighted by Crippen LogP contribution is 2.22. The zero-order valence-corrected chi connectivity index (χ0v) is 12.3. The van der Waals surface area contributed by atoms with Gasteiger partial charge in [-0.25, -0.2) is 0 Å². The van der Waals surface area contributed by atoms with Crippen molar-refractivity contribution in [1.29, 1.82) is 0 Å². The minimum atomic E-state index is -0.0287. The summed E-state index contributed by atoms with van der Waals surface area (Å²) in [6.45, 7) is 1.97. The van der Waals surface area contributed by atoms with E-state index in [9.17, 15) is 4.79 Å². The molecule has 0 aliphatic rings. The summed E-state index contributed by atoms with van der Waals surface area (Å²) in [5, 5.41) is 2.78. The van der Waals surface area contributed by atoms with Crippen molar-refractivity contribution in [2.75, 3.05) is 46.7 Å². The van der Waals surface area contributed by atoms with Crippen LogP contribution in [-0.2, 0) is 16.1 Å². The molecule has 0 radical (unpaired) electrons. The topological polar surface area (TPSA) is 76.8 Å². The standard InChI is InChI=1S/C14H23N3O3/c1-17(10-14(18)16-6-7-19-2)9-11-4-5-12(15)8-13(11)20-3/h4-5,8H,6-7,9-10,15H2,1-3H3,(H,16,18). The second-order valence-electron chi connectivity index (χ2n) is 4.59. The number of ether oxygens (including phenoxy) is 2. The Balaban J connectivity index is 2.49. The van der Waals surface area contributed by atoms with Crippen molar-refractivity contribution >= 4 is 11.6 Å². The van der Waals surface area contributed by atoms with Crippen LogP contribution in [0.5, 0.6) is 5.75 Å². The number of carbonyl (C=O) groups excluding carboxylic acids is 1. The number of benzene rings is 1. The zero-order chi connectivity index (χ0) is 15.0. The molecule has 1 aromatic carbocycles. The summed E-state index contributed by atoms with van der Waals surface area (Å²) < 4.78 is 10.2. The van der Waals surface area contributed by atoms with Crippen molar-refractivity contribution in [2.24, 2.45) is 0 Å². The quantitative estimate of drug-likeness (QED) is 0.535. The molecule has 0 aromatic heterocycles. The fourth-order valence-electron chi connectivity index (χ4n) is 1.83. The predicted molar refractivity (Wildman–Crippen MR) is 78.6 cm³/mol. The number of methoxy groups -OCH3 is 2. The lowest BCUT2D eigenvalue weighted by atomic mass is 10.1. The summed E-state index contributed by atoms with van der Waals surface area (Å²) >= 11 is 0. The molecule has 0 saturated carbocycles. The minimum absolute atomic E-state index is 0.0287. The third-order valence-corrected chi connectivity index (χ3v) is 2.79. The Kier molecular flexibility index (Phi) is 6.83. The molecule has 1 rings (SSSR count). The number of amides is 1. The number of nitrogens with two attached hydrogens (primary N) is 1. The summed E-state index contributed by atoms with van der Waals surface area (Å²) in [6.07, 6.45) is 0. The SMILES string of the molecule is COCCNC(=O)CN(C)Cc1ccc(N)cc1OC. The van der Waals surface area contributed by atoms with E-state index in [-0.39, 0.29) is 5.91 Å². The molecule has 0 spiro atoms.